The first-order chi connectivity index (χ1) is 22.1. The maximum Gasteiger partial charge on any atom is 0.204 e. The van der Waals surface area contributed by atoms with Gasteiger partial charge in [0.15, 0.2) is 46.7 Å². The standard InChI is InChI=1S/C32H42O14/c1-40-22-11-18(6-7-21(22)37)29(38)27(15-34)45-32-25(43-4)12-19(13-26(32)44-5)30(39)28(16-35)46-31-23(41-2)9-17(8-20(36)14-33)10-24(31)42-3/h6-7,9-13,20,27-30,33-39H,8,14-16H2,1-5H3/t20-,27+,28+,29-,30-/m0/s1. The van der Waals surface area contributed by atoms with Gasteiger partial charge in [-0.15, -0.1) is 0 Å². The number of aliphatic hydroxyl groups is 6. The highest BCUT2D eigenvalue weighted by Crippen LogP contribution is 2.44. The first-order valence-electron chi connectivity index (χ1n) is 14.2. The lowest BCUT2D eigenvalue weighted by Crippen LogP contribution is -2.30. The normalized spacial score (nSPS) is 14.4. The van der Waals surface area contributed by atoms with E-state index in [9.17, 15) is 35.7 Å². The third-order valence-corrected chi connectivity index (χ3v) is 7.17. The summed E-state index contributed by atoms with van der Waals surface area (Å²) in [7, 11) is 6.83. The first kappa shape index (κ1) is 36.3. The highest BCUT2D eigenvalue weighted by Gasteiger charge is 2.31. The third-order valence-electron chi connectivity index (χ3n) is 7.17. The minimum atomic E-state index is -1.46. The van der Waals surface area contributed by atoms with Gasteiger partial charge in [-0.1, -0.05) is 6.07 Å². The summed E-state index contributed by atoms with van der Waals surface area (Å²) in [5.41, 5.74) is 1.08. The number of phenolic OH excluding ortho intramolecular Hbond substituents is 1. The van der Waals surface area contributed by atoms with E-state index in [4.69, 9.17) is 33.2 Å². The largest absolute Gasteiger partial charge is 0.504 e. The number of rotatable bonds is 18. The van der Waals surface area contributed by atoms with E-state index in [2.05, 4.69) is 0 Å². The Bertz CT molecular complexity index is 1360. The van der Waals surface area contributed by atoms with E-state index in [1.54, 1.807) is 12.1 Å². The highest BCUT2D eigenvalue weighted by atomic mass is 16.6. The smallest absolute Gasteiger partial charge is 0.204 e. The van der Waals surface area contributed by atoms with Crippen LogP contribution in [0.5, 0.6) is 46.0 Å². The molecule has 0 aromatic heterocycles. The molecule has 3 rings (SSSR count). The van der Waals surface area contributed by atoms with Crippen molar-refractivity contribution in [2.45, 2.75) is 36.9 Å². The van der Waals surface area contributed by atoms with Gasteiger partial charge < -0.3 is 68.9 Å². The first-order valence-corrected chi connectivity index (χ1v) is 14.2. The molecule has 0 aliphatic rings. The van der Waals surface area contributed by atoms with Crippen LogP contribution >= 0.6 is 0 Å². The van der Waals surface area contributed by atoms with E-state index in [1.807, 2.05) is 0 Å². The molecule has 0 saturated heterocycles. The Balaban J connectivity index is 1.94. The summed E-state index contributed by atoms with van der Waals surface area (Å²) in [5, 5.41) is 71.7. The zero-order chi connectivity index (χ0) is 34.0. The molecule has 7 N–H and O–H groups in total. The molecule has 0 aliphatic heterocycles. The molecule has 0 unspecified atom stereocenters. The number of aliphatic hydroxyl groups excluding tert-OH is 6. The van der Waals surface area contributed by atoms with Gasteiger partial charge in [0, 0.05) is 6.42 Å². The van der Waals surface area contributed by atoms with Crippen molar-refractivity contribution in [3.63, 3.8) is 0 Å². The second-order valence-electron chi connectivity index (χ2n) is 10.1. The quantitative estimate of drug-likeness (QED) is 0.104. The van der Waals surface area contributed by atoms with Gasteiger partial charge in [0.25, 0.3) is 0 Å². The van der Waals surface area contributed by atoms with Crippen LogP contribution in [0.3, 0.4) is 0 Å². The van der Waals surface area contributed by atoms with Gasteiger partial charge >= 0.3 is 0 Å². The van der Waals surface area contributed by atoms with Gasteiger partial charge in [0.05, 0.1) is 61.5 Å². The minimum absolute atomic E-state index is 0.00949. The predicted molar refractivity (Wildman–Crippen MR) is 163 cm³/mol. The SMILES string of the molecule is COc1cc([C@H](O)[C@@H](CO)Oc2c(OC)cc([C@H](O)[C@@H](CO)Oc3c(OC)cc(C[C@H](O)CO)cc3OC)cc2OC)ccc1O. The molecule has 0 saturated carbocycles. The second kappa shape index (κ2) is 16.9. The molecule has 254 valence electrons. The fourth-order valence-corrected chi connectivity index (χ4v) is 4.71. The van der Waals surface area contributed by atoms with E-state index in [0.717, 1.165) is 0 Å². The molecule has 0 fully saturated rings. The molecule has 0 spiro atoms. The van der Waals surface area contributed by atoms with E-state index in [0.29, 0.717) is 11.1 Å². The Morgan fingerprint density at radius 3 is 1.37 bits per heavy atom. The number of benzene rings is 3. The van der Waals surface area contributed by atoms with E-state index in [-0.39, 0.29) is 58.0 Å². The van der Waals surface area contributed by atoms with Crippen LogP contribution in [-0.2, 0) is 6.42 Å². The summed E-state index contributed by atoms with van der Waals surface area (Å²) in [6.45, 7) is -1.70. The Hall–Kier alpha value is -4.18. The lowest BCUT2D eigenvalue weighted by atomic mass is 10.0. The molecule has 46 heavy (non-hydrogen) atoms. The minimum Gasteiger partial charge on any atom is -0.504 e. The number of methoxy groups -OCH3 is 5. The molecule has 0 bridgehead atoms. The molecule has 3 aromatic carbocycles. The maximum absolute atomic E-state index is 11.4. The molecular weight excluding hydrogens is 608 g/mol. The molecule has 14 heteroatoms. The van der Waals surface area contributed by atoms with Crippen molar-refractivity contribution in [1.82, 2.24) is 0 Å². The number of ether oxygens (including phenoxy) is 7. The molecule has 3 aromatic rings. The Kier molecular flexibility index (Phi) is 13.4. The van der Waals surface area contributed by atoms with Crippen LogP contribution in [0.1, 0.15) is 28.9 Å². The predicted octanol–water partition coefficient (Wildman–Crippen LogP) is 1.28. The zero-order valence-corrected chi connectivity index (χ0v) is 26.2. The molecule has 0 heterocycles. The number of aromatic hydroxyl groups is 1. The van der Waals surface area contributed by atoms with E-state index in [1.165, 1.54) is 65.9 Å². The summed E-state index contributed by atoms with van der Waals surface area (Å²) in [6.07, 6.45) is -6.19. The van der Waals surface area contributed by atoms with Gasteiger partial charge in [-0.25, -0.2) is 0 Å². The molecule has 5 atom stereocenters. The molecule has 0 amide bonds. The van der Waals surface area contributed by atoms with Crippen LogP contribution in [-0.4, -0.2) is 109 Å². The zero-order valence-electron chi connectivity index (χ0n) is 26.2. The van der Waals surface area contributed by atoms with Crippen molar-refractivity contribution >= 4 is 0 Å². The Labute approximate surface area is 266 Å². The van der Waals surface area contributed by atoms with E-state index >= 15 is 0 Å². The number of hydrogen-bond donors (Lipinski definition) is 7. The van der Waals surface area contributed by atoms with Crippen molar-refractivity contribution in [2.75, 3.05) is 55.4 Å². The van der Waals surface area contributed by atoms with Crippen molar-refractivity contribution in [2.24, 2.45) is 0 Å². The summed E-state index contributed by atoms with van der Waals surface area (Å²) < 4.78 is 39.0. The van der Waals surface area contributed by atoms with Crippen LogP contribution in [0.4, 0.5) is 0 Å². The average Bonchev–Trinajstić information content (AvgIpc) is 3.08. The van der Waals surface area contributed by atoms with Gasteiger partial charge in [0.2, 0.25) is 11.5 Å². The van der Waals surface area contributed by atoms with Gasteiger partial charge in [-0.3, -0.25) is 0 Å². The van der Waals surface area contributed by atoms with Crippen LogP contribution in [0.25, 0.3) is 0 Å². The van der Waals surface area contributed by atoms with Crippen molar-refractivity contribution in [3.8, 4) is 46.0 Å². The number of hydrogen-bond acceptors (Lipinski definition) is 14. The summed E-state index contributed by atoms with van der Waals surface area (Å²) in [4.78, 5) is 0. The fraction of sp³-hybridized carbons (Fsp3) is 0.438. The fourth-order valence-electron chi connectivity index (χ4n) is 4.71. The number of phenols is 1. The van der Waals surface area contributed by atoms with Crippen molar-refractivity contribution < 1.29 is 68.9 Å². The molecule has 14 nitrogen and oxygen atoms in total. The van der Waals surface area contributed by atoms with Gasteiger partial charge in [-0.2, -0.15) is 0 Å². The lowest BCUT2D eigenvalue weighted by Gasteiger charge is -2.27. The van der Waals surface area contributed by atoms with Crippen LogP contribution in [0.15, 0.2) is 42.5 Å². The summed E-state index contributed by atoms with van der Waals surface area (Å²) >= 11 is 0. The lowest BCUT2D eigenvalue weighted by molar-refractivity contribution is -0.00427. The van der Waals surface area contributed by atoms with Gasteiger partial charge in [-0.05, 0) is 53.1 Å². The molecule has 0 aliphatic carbocycles. The van der Waals surface area contributed by atoms with Crippen LogP contribution in [0.2, 0.25) is 0 Å². The molecular formula is C32H42O14. The topological polar surface area (TPSA) is 206 Å². The Morgan fingerprint density at radius 1 is 0.543 bits per heavy atom. The van der Waals surface area contributed by atoms with E-state index < -0.39 is 50.3 Å². The van der Waals surface area contributed by atoms with Crippen molar-refractivity contribution in [1.29, 1.82) is 0 Å². The summed E-state index contributed by atoms with van der Waals surface area (Å²) in [6, 6.07) is 10.2. The monoisotopic (exact) mass is 650 g/mol. The molecule has 0 radical (unpaired) electrons. The Morgan fingerprint density at radius 2 is 0.957 bits per heavy atom. The van der Waals surface area contributed by atoms with Crippen LogP contribution < -0.4 is 33.2 Å². The van der Waals surface area contributed by atoms with Crippen molar-refractivity contribution in [3.05, 3.63) is 59.2 Å². The summed E-state index contributed by atoms with van der Waals surface area (Å²) in [5.74, 6) is 0.614. The van der Waals surface area contributed by atoms with Gasteiger partial charge in [0.1, 0.15) is 12.2 Å². The van der Waals surface area contributed by atoms with Crippen LogP contribution in [0, 0.1) is 0 Å². The third kappa shape index (κ3) is 8.34. The average molecular weight is 651 g/mol. The maximum atomic E-state index is 11.4. The second-order valence-corrected chi connectivity index (χ2v) is 10.1. The highest BCUT2D eigenvalue weighted by molar-refractivity contribution is 5.56.